The predicted octanol–water partition coefficient (Wildman–Crippen LogP) is -0.407. The van der Waals surface area contributed by atoms with Crippen LogP contribution in [0.2, 0.25) is 0 Å². The summed E-state index contributed by atoms with van der Waals surface area (Å²) in [6.45, 7) is 0.421. The number of carbonyl (C=O) groups is 1. The Morgan fingerprint density at radius 2 is 2.10 bits per heavy atom. The van der Waals surface area contributed by atoms with Gasteiger partial charge in [-0.05, 0) is 19.4 Å². The van der Waals surface area contributed by atoms with Crippen LogP contribution in [0.5, 0.6) is 0 Å². The largest absolute Gasteiger partial charge is 0.479 e. The van der Waals surface area contributed by atoms with Crippen LogP contribution in [0.1, 0.15) is 12.8 Å². The average Bonchev–Trinajstić information content (AvgIpc) is 1.82. The van der Waals surface area contributed by atoms with Gasteiger partial charge in [-0.2, -0.15) is 0 Å². The maximum Gasteiger partial charge on any atom is 0.332 e. The molecule has 0 fully saturated rings. The van der Waals surface area contributed by atoms with Crippen LogP contribution in [-0.4, -0.2) is 28.8 Å². The summed E-state index contributed by atoms with van der Waals surface area (Å²) in [4.78, 5) is 9.91. The number of carboxylic acids is 1. The molecule has 62 valence electrons. The lowest BCUT2D eigenvalue weighted by atomic mass is 10.2. The molecule has 0 radical (unpaired) electrons. The maximum atomic E-state index is 9.91. The number of aliphatic hydroxyl groups excluding tert-OH is 1. The minimum Gasteiger partial charge on any atom is -0.479 e. The fourth-order valence-corrected chi connectivity index (χ4v) is 0.435. The summed E-state index contributed by atoms with van der Waals surface area (Å²) < 4.78 is 0. The molecule has 0 saturated carbocycles. The summed E-state index contributed by atoms with van der Waals surface area (Å²) in [5.74, 6) is -1.18. The zero-order valence-electron chi connectivity index (χ0n) is 5.49. The third-order valence-electron chi connectivity index (χ3n) is 0.967. The fraction of sp³-hybridized carbons (Fsp3) is 0.800. The molecular formula is C5H12ClNO3. The topological polar surface area (TPSA) is 83.5 Å². The van der Waals surface area contributed by atoms with Gasteiger partial charge in [0.1, 0.15) is 0 Å². The van der Waals surface area contributed by atoms with Crippen LogP contribution in [0.3, 0.4) is 0 Å². The van der Waals surface area contributed by atoms with Crippen molar-refractivity contribution in [1.29, 1.82) is 0 Å². The molecule has 0 amide bonds. The third-order valence-corrected chi connectivity index (χ3v) is 0.967. The summed E-state index contributed by atoms with van der Waals surface area (Å²) in [5.41, 5.74) is 5.07. The number of nitrogens with two attached hydrogens (primary N) is 1. The van der Waals surface area contributed by atoms with Crippen molar-refractivity contribution in [2.24, 2.45) is 5.73 Å². The van der Waals surface area contributed by atoms with Crippen LogP contribution in [0.4, 0.5) is 0 Å². The molecule has 0 aliphatic carbocycles. The molecule has 5 heteroatoms. The van der Waals surface area contributed by atoms with Crippen LogP contribution in [-0.2, 0) is 4.79 Å². The molecule has 0 aromatic carbocycles. The van der Waals surface area contributed by atoms with E-state index in [9.17, 15) is 4.79 Å². The summed E-state index contributed by atoms with van der Waals surface area (Å²) in [6, 6.07) is 0. The van der Waals surface area contributed by atoms with E-state index in [4.69, 9.17) is 15.9 Å². The Morgan fingerprint density at radius 1 is 1.60 bits per heavy atom. The first kappa shape index (κ1) is 12.4. The molecule has 0 rings (SSSR count). The first-order chi connectivity index (χ1) is 4.18. The number of halogens is 1. The Hall–Kier alpha value is -0.320. The molecule has 0 spiro atoms. The highest BCUT2D eigenvalue weighted by Crippen LogP contribution is 1.93. The molecule has 1 atom stereocenters. The Labute approximate surface area is 65.4 Å². The number of aliphatic hydroxyl groups is 1. The zero-order valence-corrected chi connectivity index (χ0v) is 6.30. The van der Waals surface area contributed by atoms with Crippen LogP contribution < -0.4 is 5.73 Å². The lowest BCUT2D eigenvalue weighted by molar-refractivity contribution is -0.146. The van der Waals surface area contributed by atoms with Crippen molar-refractivity contribution >= 4 is 18.4 Å². The highest BCUT2D eigenvalue weighted by atomic mass is 35.5. The molecule has 0 aliphatic heterocycles. The van der Waals surface area contributed by atoms with Crippen LogP contribution in [0.25, 0.3) is 0 Å². The van der Waals surface area contributed by atoms with Gasteiger partial charge in [-0.15, -0.1) is 12.4 Å². The highest BCUT2D eigenvalue weighted by Gasteiger charge is 2.10. The van der Waals surface area contributed by atoms with Gasteiger partial charge in [0, 0.05) is 0 Å². The molecule has 0 heterocycles. The van der Waals surface area contributed by atoms with Crippen molar-refractivity contribution < 1.29 is 15.0 Å². The van der Waals surface area contributed by atoms with Gasteiger partial charge in [-0.3, -0.25) is 0 Å². The lowest BCUT2D eigenvalue weighted by Crippen LogP contribution is -2.20. The number of hydrogen-bond acceptors (Lipinski definition) is 3. The van der Waals surface area contributed by atoms with Gasteiger partial charge in [0.05, 0.1) is 0 Å². The summed E-state index contributed by atoms with van der Waals surface area (Å²) in [7, 11) is 0. The van der Waals surface area contributed by atoms with Crippen molar-refractivity contribution in [3.8, 4) is 0 Å². The first-order valence-corrected chi connectivity index (χ1v) is 2.79. The minimum absolute atomic E-state index is 0. The molecule has 4 N–H and O–H groups in total. The van der Waals surface area contributed by atoms with Gasteiger partial charge < -0.3 is 15.9 Å². The van der Waals surface area contributed by atoms with Crippen molar-refractivity contribution in [1.82, 2.24) is 0 Å². The Kier molecular flexibility index (Phi) is 8.40. The van der Waals surface area contributed by atoms with Crippen LogP contribution in [0.15, 0.2) is 0 Å². The van der Waals surface area contributed by atoms with Gasteiger partial charge in [0.25, 0.3) is 0 Å². The number of hydrogen-bond donors (Lipinski definition) is 3. The number of aliphatic carboxylic acids is 1. The highest BCUT2D eigenvalue weighted by molar-refractivity contribution is 5.85. The van der Waals surface area contributed by atoms with E-state index in [1.807, 2.05) is 0 Å². The Balaban J connectivity index is 0. The molecular weight excluding hydrogens is 158 g/mol. The summed E-state index contributed by atoms with van der Waals surface area (Å²) >= 11 is 0. The van der Waals surface area contributed by atoms with E-state index in [0.29, 0.717) is 13.0 Å². The molecule has 0 bridgehead atoms. The standard InChI is InChI=1S/C5H11NO3.ClH/c6-3-1-2-4(7)5(8)9;/h4,7H,1-3,6H2,(H,8,9);1H. The maximum absolute atomic E-state index is 9.91. The second-order valence-corrected chi connectivity index (χ2v) is 1.78. The fourth-order valence-electron chi connectivity index (χ4n) is 0.435. The zero-order chi connectivity index (χ0) is 7.28. The van der Waals surface area contributed by atoms with Gasteiger partial charge in [-0.1, -0.05) is 0 Å². The normalized spacial score (nSPS) is 11.8. The quantitative estimate of drug-likeness (QED) is 0.535. The number of carboxylic acid groups (broad SMARTS) is 1. The van der Waals surface area contributed by atoms with E-state index in [1.165, 1.54) is 0 Å². The third kappa shape index (κ3) is 5.81. The molecule has 0 aromatic heterocycles. The second-order valence-electron chi connectivity index (χ2n) is 1.78. The van der Waals surface area contributed by atoms with E-state index < -0.39 is 12.1 Å². The number of rotatable bonds is 4. The van der Waals surface area contributed by atoms with Crippen LogP contribution >= 0.6 is 12.4 Å². The molecule has 1 unspecified atom stereocenters. The first-order valence-electron chi connectivity index (χ1n) is 2.79. The van der Waals surface area contributed by atoms with Crippen molar-refractivity contribution in [2.45, 2.75) is 18.9 Å². The predicted molar refractivity (Wildman–Crippen MR) is 39.2 cm³/mol. The van der Waals surface area contributed by atoms with Crippen molar-refractivity contribution in [3.05, 3.63) is 0 Å². The van der Waals surface area contributed by atoms with Crippen molar-refractivity contribution in [3.63, 3.8) is 0 Å². The smallest absolute Gasteiger partial charge is 0.332 e. The lowest BCUT2D eigenvalue weighted by Gasteiger charge is -2.01. The van der Waals surface area contributed by atoms with Gasteiger partial charge in [0.2, 0.25) is 0 Å². The van der Waals surface area contributed by atoms with Crippen molar-refractivity contribution in [2.75, 3.05) is 6.54 Å². The monoisotopic (exact) mass is 169 g/mol. The second kappa shape index (κ2) is 6.80. The molecule has 4 nitrogen and oxygen atoms in total. The van der Waals surface area contributed by atoms with E-state index in [1.54, 1.807) is 0 Å². The molecule has 0 saturated heterocycles. The van der Waals surface area contributed by atoms with E-state index in [2.05, 4.69) is 0 Å². The molecule has 10 heavy (non-hydrogen) atoms. The average molecular weight is 170 g/mol. The van der Waals surface area contributed by atoms with E-state index in [-0.39, 0.29) is 18.8 Å². The van der Waals surface area contributed by atoms with E-state index >= 15 is 0 Å². The van der Waals surface area contributed by atoms with Gasteiger partial charge in [0.15, 0.2) is 6.10 Å². The Morgan fingerprint density at radius 3 is 2.40 bits per heavy atom. The van der Waals surface area contributed by atoms with E-state index in [0.717, 1.165) is 0 Å². The summed E-state index contributed by atoms with van der Waals surface area (Å²) in [6.07, 6.45) is -0.451. The van der Waals surface area contributed by atoms with Gasteiger partial charge in [-0.25, -0.2) is 4.79 Å². The molecule has 0 aliphatic rings. The van der Waals surface area contributed by atoms with Gasteiger partial charge >= 0.3 is 5.97 Å². The Bertz CT molecular complexity index is 98.9. The molecule has 0 aromatic rings. The summed E-state index contributed by atoms with van der Waals surface area (Å²) in [5, 5.41) is 16.7. The minimum atomic E-state index is -1.24. The van der Waals surface area contributed by atoms with Crippen LogP contribution in [0, 0.1) is 0 Å². The SMILES string of the molecule is Cl.NCCCC(O)C(=O)O.